The molecule has 4 heteroatoms. The molecule has 1 fully saturated rings. The third-order valence-corrected chi connectivity index (χ3v) is 2.73. The van der Waals surface area contributed by atoms with Crippen LogP contribution >= 0.6 is 0 Å². The van der Waals surface area contributed by atoms with Gasteiger partial charge in [0.05, 0.1) is 12.8 Å². The van der Waals surface area contributed by atoms with Crippen LogP contribution in [0.2, 0.25) is 0 Å². The molecule has 1 aliphatic carbocycles. The fraction of sp³-hybridized carbons (Fsp3) is 0.818. The fourth-order valence-corrected chi connectivity index (χ4v) is 1.68. The average molecular weight is 375 g/mol. The molecule has 1 rings (SSSR count). The van der Waals surface area contributed by atoms with Crippen molar-refractivity contribution in [2.24, 2.45) is 5.92 Å². The summed E-state index contributed by atoms with van der Waals surface area (Å²) in [6, 6.07) is 0. The molecular weight excluding hydrogens is 328 g/mol. The van der Waals surface area contributed by atoms with Crippen LogP contribution < -0.4 is 0 Å². The van der Waals surface area contributed by atoms with E-state index in [1.807, 2.05) is 6.92 Å². The molecule has 1 saturated carbocycles. The van der Waals surface area contributed by atoms with Crippen molar-refractivity contribution in [2.45, 2.75) is 115 Å². The van der Waals surface area contributed by atoms with Crippen LogP contribution in [-0.4, -0.2) is 23.1 Å². The number of carbonyl (C=O) groups excluding carboxylic acids is 4. The number of ketones is 4. The lowest BCUT2D eigenvalue weighted by atomic mass is 9.89. The second-order valence-electron chi connectivity index (χ2n) is 6.14. The minimum atomic E-state index is 0. The Hall–Kier alpha value is -1.32. The zero-order valence-electron chi connectivity index (χ0n) is 16.9. The number of Topliss-reactive ketones (excluding diaryl/α,β-unsaturated/α-hetero) is 4. The van der Waals surface area contributed by atoms with E-state index >= 15 is 0 Å². The molecule has 0 aliphatic heterocycles. The van der Waals surface area contributed by atoms with Crippen molar-refractivity contribution < 1.29 is 19.2 Å². The van der Waals surface area contributed by atoms with Crippen LogP contribution in [-0.2, 0) is 19.2 Å². The molecule has 0 aromatic rings. The summed E-state index contributed by atoms with van der Waals surface area (Å²) < 4.78 is 0. The van der Waals surface area contributed by atoms with Gasteiger partial charge in [0.25, 0.3) is 0 Å². The summed E-state index contributed by atoms with van der Waals surface area (Å²) >= 11 is 0. The molecule has 4 nitrogen and oxygen atoms in total. The molecule has 0 amide bonds. The van der Waals surface area contributed by atoms with E-state index in [2.05, 4.69) is 27.7 Å². The van der Waals surface area contributed by atoms with Gasteiger partial charge in [-0.05, 0) is 5.92 Å². The van der Waals surface area contributed by atoms with E-state index in [-0.39, 0.29) is 50.8 Å². The van der Waals surface area contributed by atoms with Gasteiger partial charge in [0.2, 0.25) is 0 Å². The van der Waals surface area contributed by atoms with Crippen LogP contribution in [0.5, 0.6) is 0 Å². The molecule has 0 aromatic heterocycles. The van der Waals surface area contributed by atoms with E-state index in [1.165, 1.54) is 12.8 Å². The minimum absolute atomic E-state index is 0. The van der Waals surface area contributed by atoms with Crippen molar-refractivity contribution in [2.75, 3.05) is 0 Å². The monoisotopic (exact) mass is 374 g/mol. The van der Waals surface area contributed by atoms with Gasteiger partial charge in [-0.3, -0.25) is 19.2 Å². The van der Waals surface area contributed by atoms with Crippen molar-refractivity contribution in [1.29, 1.82) is 0 Å². The Labute approximate surface area is 163 Å². The Balaban J connectivity index is -0.0000000822. The van der Waals surface area contributed by atoms with Crippen LogP contribution in [0.25, 0.3) is 0 Å². The molecule has 0 N–H and O–H groups in total. The van der Waals surface area contributed by atoms with Gasteiger partial charge in [0, 0.05) is 25.7 Å². The normalized spacial score (nSPS) is 12.4. The van der Waals surface area contributed by atoms with Crippen molar-refractivity contribution in [3.8, 4) is 0 Å². The third-order valence-electron chi connectivity index (χ3n) is 2.73. The molecule has 0 atom stereocenters. The average Bonchev–Trinajstić information content (AvgIpc) is 2.47. The van der Waals surface area contributed by atoms with Gasteiger partial charge < -0.3 is 0 Å². The van der Waals surface area contributed by atoms with Gasteiger partial charge >= 0.3 is 0 Å². The van der Waals surface area contributed by atoms with Crippen LogP contribution in [0.15, 0.2) is 0 Å². The summed E-state index contributed by atoms with van der Waals surface area (Å²) in [5.41, 5.74) is 0. The number of hydrogen-bond acceptors (Lipinski definition) is 4. The Kier molecular flexibility index (Phi) is 35.6. The zero-order chi connectivity index (χ0) is 19.5. The first-order valence-corrected chi connectivity index (χ1v) is 9.28. The molecule has 0 spiro atoms. The summed E-state index contributed by atoms with van der Waals surface area (Å²) in [7, 11) is 0. The van der Waals surface area contributed by atoms with E-state index in [4.69, 9.17) is 0 Å². The predicted octanol–water partition coefficient (Wildman–Crippen LogP) is 6.38. The second kappa shape index (κ2) is 25.9. The van der Waals surface area contributed by atoms with Crippen LogP contribution in [0, 0.1) is 5.92 Å². The van der Waals surface area contributed by atoms with Gasteiger partial charge in [0.15, 0.2) is 0 Å². The molecule has 158 valence electrons. The molecule has 0 saturated heterocycles. The van der Waals surface area contributed by atoms with Crippen molar-refractivity contribution in [3.63, 3.8) is 0 Å². The summed E-state index contributed by atoms with van der Waals surface area (Å²) in [4.78, 5) is 42.4. The van der Waals surface area contributed by atoms with Gasteiger partial charge in [-0.1, -0.05) is 76.2 Å². The number of hydrogen-bond donors (Lipinski definition) is 0. The summed E-state index contributed by atoms with van der Waals surface area (Å²) in [5, 5.41) is 0. The lowest BCUT2D eigenvalue weighted by molar-refractivity contribution is -0.131. The van der Waals surface area contributed by atoms with Crippen LogP contribution in [0.1, 0.15) is 115 Å². The maximum Gasteiger partial charge on any atom is 0.140 e. The first-order valence-electron chi connectivity index (χ1n) is 9.28. The predicted molar refractivity (Wildman–Crippen MR) is 114 cm³/mol. The highest BCUT2D eigenvalue weighted by Crippen LogP contribution is 2.16. The summed E-state index contributed by atoms with van der Waals surface area (Å²) in [5.74, 6) is 0.597. The van der Waals surface area contributed by atoms with Crippen molar-refractivity contribution in [3.05, 3.63) is 0 Å². The smallest absolute Gasteiger partial charge is 0.140 e. The van der Waals surface area contributed by atoms with E-state index < -0.39 is 0 Å². The van der Waals surface area contributed by atoms with Crippen molar-refractivity contribution >= 4 is 23.1 Å². The van der Waals surface area contributed by atoms with Crippen molar-refractivity contribution in [1.82, 2.24) is 0 Å². The first-order chi connectivity index (χ1) is 11.2. The van der Waals surface area contributed by atoms with Gasteiger partial charge in [0.1, 0.15) is 23.1 Å². The van der Waals surface area contributed by atoms with E-state index in [0.717, 1.165) is 0 Å². The second-order valence-corrected chi connectivity index (χ2v) is 6.14. The molecule has 1 aliphatic rings. The summed E-state index contributed by atoms with van der Waals surface area (Å²) in [6.45, 7) is 14.0. The Morgan fingerprint density at radius 1 is 0.769 bits per heavy atom. The SMILES string of the molecule is C.C.CC1CC(=O)CC(=O)C1.CCC.CCC.CCC(=O)CC(=O)CC. The standard InChI is InChI=1S/C7H10O2.C7H12O2.2C3H8.2CH4/c1-5-2-6(8)4-7(9)3-5;1-3-6(8)5-7(9)4-2;2*1-3-2;;/h5H,2-4H2,1H3;3-5H2,1-2H3;2*3H2,1-2H3;2*1H4. The minimum Gasteiger partial charge on any atom is -0.299 e. The van der Waals surface area contributed by atoms with Crippen LogP contribution in [0.4, 0.5) is 0 Å². The highest BCUT2D eigenvalue weighted by atomic mass is 16.2. The lowest BCUT2D eigenvalue weighted by Gasteiger charge is -2.13. The Morgan fingerprint density at radius 2 is 1.04 bits per heavy atom. The quantitative estimate of drug-likeness (QED) is 0.535. The van der Waals surface area contributed by atoms with E-state index in [9.17, 15) is 19.2 Å². The first kappa shape index (κ1) is 35.7. The van der Waals surface area contributed by atoms with E-state index in [0.29, 0.717) is 31.6 Å². The molecular formula is C22H46O4. The maximum atomic E-state index is 10.7. The highest BCUT2D eigenvalue weighted by Gasteiger charge is 2.21. The Bertz CT molecular complexity index is 327. The third kappa shape index (κ3) is 30.5. The number of carbonyl (C=O) groups is 4. The van der Waals surface area contributed by atoms with E-state index in [1.54, 1.807) is 13.8 Å². The molecule has 0 aromatic carbocycles. The van der Waals surface area contributed by atoms with Gasteiger partial charge in [-0.2, -0.15) is 0 Å². The maximum absolute atomic E-state index is 10.7. The topological polar surface area (TPSA) is 68.3 Å². The number of rotatable bonds is 4. The van der Waals surface area contributed by atoms with Gasteiger partial charge in [-0.25, -0.2) is 0 Å². The zero-order valence-corrected chi connectivity index (χ0v) is 16.9. The molecule has 0 unspecified atom stereocenters. The molecule has 26 heavy (non-hydrogen) atoms. The fourth-order valence-electron chi connectivity index (χ4n) is 1.68. The largest absolute Gasteiger partial charge is 0.299 e. The molecule has 0 bridgehead atoms. The van der Waals surface area contributed by atoms with Crippen LogP contribution in [0.3, 0.4) is 0 Å². The highest BCUT2D eigenvalue weighted by molar-refractivity contribution is 6.01. The Morgan fingerprint density at radius 3 is 1.23 bits per heavy atom. The lowest BCUT2D eigenvalue weighted by Crippen LogP contribution is -2.20. The molecule has 0 heterocycles. The summed E-state index contributed by atoms with van der Waals surface area (Å²) in [6.07, 6.45) is 4.98. The van der Waals surface area contributed by atoms with Gasteiger partial charge in [-0.15, -0.1) is 0 Å². The molecule has 0 radical (unpaired) electrons.